The van der Waals surface area contributed by atoms with E-state index in [2.05, 4.69) is 29.2 Å². The van der Waals surface area contributed by atoms with Crippen molar-refractivity contribution in [3.63, 3.8) is 0 Å². The van der Waals surface area contributed by atoms with Crippen LogP contribution in [0.3, 0.4) is 0 Å². The van der Waals surface area contributed by atoms with Crippen molar-refractivity contribution in [2.45, 2.75) is 20.4 Å². The van der Waals surface area contributed by atoms with Crippen LogP contribution in [0.2, 0.25) is 0 Å². The van der Waals surface area contributed by atoms with E-state index in [0.717, 1.165) is 12.5 Å². The normalized spacial score (nSPS) is 15.4. The van der Waals surface area contributed by atoms with Gasteiger partial charge in [-0.05, 0) is 11.5 Å². The summed E-state index contributed by atoms with van der Waals surface area (Å²) in [5, 5.41) is 7.19. The minimum atomic E-state index is 0.565. The number of fused-ring (bicyclic) bond motifs is 1. The minimum absolute atomic E-state index is 0.565. The van der Waals surface area contributed by atoms with E-state index in [-0.39, 0.29) is 0 Å². The quantitative estimate of drug-likeness (QED) is 0.679. The summed E-state index contributed by atoms with van der Waals surface area (Å²) in [6.07, 6.45) is 3.59. The van der Waals surface area contributed by atoms with Crippen LogP contribution >= 0.6 is 0 Å². The zero-order chi connectivity index (χ0) is 8.55. The molecular formula is C8H12N4. The summed E-state index contributed by atoms with van der Waals surface area (Å²) in [6, 6.07) is 0. The molecule has 1 aromatic rings. The Morgan fingerprint density at radius 2 is 2.42 bits per heavy atom. The highest BCUT2D eigenvalue weighted by Gasteiger charge is 2.13. The van der Waals surface area contributed by atoms with Crippen LogP contribution in [0.25, 0.3) is 0 Å². The molecule has 0 bridgehead atoms. The molecule has 64 valence electrons. The van der Waals surface area contributed by atoms with Crippen LogP contribution in [0.5, 0.6) is 0 Å². The lowest BCUT2D eigenvalue weighted by molar-refractivity contribution is 0.601. The largest absolute Gasteiger partial charge is 0.331 e. The maximum absolute atomic E-state index is 4.09. The Labute approximate surface area is 71.3 Å². The Hall–Kier alpha value is -1.32. The van der Waals surface area contributed by atoms with E-state index in [1.54, 1.807) is 6.33 Å². The molecule has 0 aliphatic carbocycles. The second kappa shape index (κ2) is 2.62. The summed E-state index contributed by atoms with van der Waals surface area (Å²) >= 11 is 0. The van der Waals surface area contributed by atoms with Crippen LogP contribution in [0.4, 0.5) is 5.95 Å². The third-order valence-corrected chi connectivity index (χ3v) is 2.08. The fourth-order valence-corrected chi connectivity index (χ4v) is 1.22. The van der Waals surface area contributed by atoms with Gasteiger partial charge < -0.3 is 5.32 Å². The van der Waals surface area contributed by atoms with Gasteiger partial charge in [0.15, 0.2) is 0 Å². The molecule has 2 heterocycles. The van der Waals surface area contributed by atoms with Gasteiger partial charge in [-0.25, -0.2) is 4.68 Å². The SMILES string of the molecule is CC(C)C1=CNc2ncnn2C1. The Morgan fingerprint density at radius 1 is 1.58 bits per heavy atom. The fourth-order valence-electron chi connectivity index (χ4n) is 1.22. The molecule has 4 heteroatoms. The van der Waals surface area contributed by atoms with Crippen LogP contribution in [0.1, 0.15) is 13.8 Å². The van der Waals surface area contributed by atoms with Crippen molar-refractivity contribution in [3.8, 4) is 0 Å². The maximum atomic E-state index is 4.09. The molecule has 0 aromatic carbocycles. The van der Waals surface area contributed by atoms with Gasteiger partial charge in [-0.3, -0.25) is 0 Å². The molecule has 1 aliphatic rings. The van der Waals surface area contributed by atoms with Gasteiger partial charge in [-0.1, -0.05) is 13.8 Å². The Morgan fingerprint density at radius 3 is 3.17 bits per heavy atom. The molecule has 0 saturated carbocycles. The smallest absolute Gasteiger partial charge is 0.225 e. The lowest BCUT2D eigenvalue weighted by Gasteiger charge is -2.17. The van der Waals surface area contributed by atoms with Crippen molar-refractivity contribution >= 4 is 5.95 Å². The van der Waals surface area contributed by atoms with E-state index >= 15 is 0 Å². The first kappa shape index (κ1) is 7.34. The summed E-state index contributed by atoms with van der Waals surface area (Å²) in [5.74, 6) is 1.40. The number of aromatic nitrogens is 3. The van der Waals surface area contributed by atoms with Crippen molar-refractivity contribution < 1.29 is 0 Å². The number of hydrogen-bond donors (Lipinski definition) is 1. The summed E-state index contributed by atoms with van der Waals surface area (Å²) in [7, 11) is 0. The molecule has 0 unspecified atom stereocenters. The fraction of sp³-hybridized carbons (Fsp3) is 0.500. The summed E-state index contributed by atoms with van der Waals surface area (Å²) in [6.45, 7) is 5.21. The molecule has 4 nitrogen and oxygen atoms in total. The van der Waals surface area contributed by atoms with E-state index in [1.807, 2.05) is 10.9 Å². The number of rotatable bonds is 1. The Balaban J connectivity index is 2.24. The van der Waals surface area contributed by atoms with Gasteiger partial charge in [0.25, 0.3) is 0 Å². The molecular weight excluding hydrogens is 152 g/mol. The summed E-state index contributed by atoms with van der Waals surface area (Å²) in [5.41, 5.74) is 1.35. The average Bonchev–Trinajstić information content (AvgIpc) is 2.49. The van der Waals surface area contributed by atoms with E-state index in [1.165, 1.54) is 5.57 Å². The first-order valence-corrected chi connectivity index (χ1v) is 4.10. The monoisotopic (exact) mass is 164 g/mol. The van der Waals surface area contributed by atoms with Crippen LogP contribution in [-0.2, 0) is 6.54 Å². The van der Waals surface area contributed by atoms with Crippen molar-refractivity contribution in [2.24, 2.45) is 5.92 Å². The van der Waals surface area contributed by atoms with Gasteiger partial charge in [-0.15, -0.1) is 0 Å². The summed E-state index contributed by atoms with van der Waals surface area (Å²) in [4.78, 5) is 4.05. The molecule has 0 fully saturated rings. The van der Waals surface area contributed by atoms with Crippen LogP contribution in [-0.4, -0.2) is 14.8 Å². The van der Waals surface area contributed by atoms with Gasteiger partial charge >= 0.3 is 0 Å². The molecule has 1 aromatic heterocycles. The van der Waals surface area contributed by atoms with Gasteiger partial charge in [0.2, 0.25) is 5.95 Å². The molecule has 2 rings (SSSR count). The lowest BCUT2D eigenvalue weighted by Crippen LogP contribution is -2.16. The lowest BCUT2D eigenvalue weighted by atomic mass is 10.0. The van der Waals surface area contributed by atoms with Crippen molar-refractivity contribution in [2.75, 3.05) is 5.32 Å². The zero-order valence-corrected chi connectivity index (χ0v) is 7.28. The Kier molecular flexibility index (Phi) is 1.60. The molecule has 1 N–H and O–H groups in total. The van der Waals surface area contributed by atoms with Gasteiger partial charge in [0.05, 0.1) is 6.54 Å². The Bertz CT molecular complexity index is 311. The molecule has 0 radical (unpaired) electrons. The molecule has 1 aliphatic heterocycles. The van der Waals surface area contributed by atoms with Crippen LogP contribution in [0, 0.1) is 5.92 Å². The molecule has 0 spiro atoms. The first-order valence-electron chi connectivity index (χ1n) is 4.10. The van der Waals surface area contributed by atoms with Crippen LogP contribution in [0.15, 0.2) is 18.1 Å². The predicted octanol–water partition coefficient (Wildman–Crippen LogP) is 1.24. The first-order chi connectivity index (χ1) is 5.77. The molecule has 0 amide bonds. The number of hydrogen-bond acceptors (Lipinski definition) is 3. The van der Waals surface area contributed by atoms with Crippen molar-refractivity contribution in [1.82, 2.24) is 14.8 Å². The second-order valence-electron chi connectivity index (χ2n) is 3.26. The third-order valence-electron chi connectivity index (χ3n) is 2.08. The summed E-state index contributed by atoms with van der Waals surface area (Å²) < 4.78 is 1.87. The van der Waals surface area contributed by atoms with Gasteiger partial charge in [-0.2, -0.15) is 10.1 Å². The predicted molar refractivity (Wildman–Crippen MR) is 46.6 cm³/mol. The maximum Gasteiger partial charge on any atom is 0.225 e. The minimum Gasteiger partial charge on any atom is -0.331 e. The number of nitrogens with zero attached hydrogens (tertiary/aromatic N) is 3. The van der Waals surface area contributed by atoms with Gasteiger partial charge in [0, 0.05) is 6.20 Å². The van der Waals surface area contributed by atoms with Crippen LogP contribution < -0.4 is 5.32 Å². The zero-order valence-electron chi connectivity index (χ0n) is 7.28. The highest BCUT2D eigenvalue weighted by molar-refractivity contribution is 5.34. The third kappa shape index (κ3) is 1.09. The second-order valence-corrected chi connectivity index (χ2v) is 3.26. The van der Waals surface area contributed by atoms with E-state index < -0.39 is 0 Å². The standard InChI is InChI=1S/C8H12N4/c1-6(2)7-3-9-8-10-5-11-12(8)4-7/h3,5-6H,4H2,1-2H3,(H,9,10,11). The molecule has 0 atom stereocenters. The average molecular weight is 164 g/mol. The molecule has 12 heavy (non-hydrogen) atoms. The van der Waals surface area contributed by atoms with Gasteiger partial charge in [0.1, 0.15) is 6.33 Å². The highest BCUT2D eigenvalue weighted by Crippen LogP contribution is 2.18. The number of nitrogens with one attached hydrogen (secondary N) is 1. The van der Waals surface area contributed by atoms with E-state index in [4.69, 9.17) is 0 Å². The van der Waals surface area contributed by atoms with Crippen molar-refractivity contribution in [3.05, 3.63) is 18.1 Å². The highest BCUT2D eigenvalue weighted by atomic mass is 15.4. The van der Waals surface area contributed by atoms with Crippen molar-refractivity contribution in [1.29, 1.82) is 0 Å². The molecule has 0 saturated heterocycles. The van der Waals surface area contributed by atoms with E-state index in [0.29, 0.717) is 5.92 Å². The topological polar surface area (TPSA) is 42.7 Å². The number of anilines is 1. The van der Waals surface area contributed by atoms with E-state index in [9.17, 15) is 0 Å². The number of allylic oxidation sites excluding steroid dienone is 1.